The van der Waals surface area contributed by atoms with Gasteiger partial charge in [-0.25, -0.2) is 0 Å². The summed E-state index contributed by atoms with van der Waals surface area (Å²) < 4.78 is 31.8. The Labute approximate surface area is 225 Å². The second-order valence-electron chi connectivity index (χ2n) is 7.72. The summed E-state index contributed by atoms with van der Waals surface area (Å²) in [6.45, 7) is 0. The maximum absolute atomic E-state index is 14.2. The molecule has 9 nitrogen and oxygen atoms in total. The number of rotatable bonds is 12. The average molecular weight is 559 g/mol. The van der Waals surface area contributed by atoms with Gasteiger partial charge in [-0.05, 0) is 36.4 Å². The fourth-order valence-electron chi connectivity index (χ4n) is 3.71. The van der Waals surface area contributed by atoms with Crippen LogP contribution < -0.4 is 28.4 Å². The van der Waals surface area contributed by atoms with Gasteiger partial charge < -0.3 is 28.4 Å². The summed E-state index contributed by atoms with van der Waals surface area (Å²) in [5.74, 6) is 1.56. The lowest BCUT2D eigenvalue weighted by Gasteiger charge is -2.22. The maximum Gasteiger partial charge on any atom is 0.212 e. The van der Waals surface area contributed by atoms with Gasteiger partial charge in [-0.3, -0.25) is 14.4 Å². The van der Waals surface area contributed by atoms with Gasteiger partial charge >= 0.3 is 0 Å². The Morgan fingerprint density at radius 1 is 0.500 bits per heavy atom. The van der Waals surface area contributed by atoms with Crippen LogP contribution in [0.5, 0.6) is 34.5 Å². The van der Waals surface area contributed by atoms with E-state index in [4.69, 9.17) is 40.2 Å². The van der Waals surface area contributed by atoms with Crippen LogP contribution in [0.1, 0.15) is 31.1 Å². The molecular formula is C27H27O9PS. The highest BCUT2D eigenvalue weighted by Gasteiger charge is 2.46. The molecule has 0 fully saturated rings. The van der Waals surface area contributed by atoms with Gasteiger partial charge in [0.05, 0.1) is 59.3 Å². The van der Waals surface area contributed by atoms with Crippen LogP contribution in [0.2, 0.25) is 0 Å². The maximum atomic E-state index is 14.2. The second-order valence-corrected chi connectivity index (χ2v) is 11.8. The van der Waals surface area contributed by atoms with E-state index in [1.54, 1.807) is 0 Å². The second kappa shape index (κ2) is 12.1. The summed E-state index contributed by atoms with van der Waals surface area (Å²) in [5.41, 5.74) is -2.64. The van der Waals surface area contributed by atoms with E-state index in [-0.39, 0.29) is 33.9 Å². The topological polar surface area (TPSA) is 107 Å². The molecule has 0 saturated heterocycles. The Kier molecular flexibility index (Phi) is 9.14. The minimum absolute atomic E-state index is 0.0294. The lowest BCUT2D eigenvalue weighted by molar-refractivity contribution is 0.102. The van der Waals surface area contributed by atoms with Gasteiger partial charge in [0, 0.05) is 18.2 Å². The highest BCUT2D eigenvalue weighted by atomic mass is 32.4. The van der Waals surface area contributed by atoms with Crippen molar-refractivity contribution in [2.75, 3.05) is 42.7 Å². The lowest BCUT2D eigenvalue weighted by atomic mass is 10.2. The molecule has 0 aliphatic carbocycles. The number of carbonyl (C=O) groups is 3. The first kappa shape index (κ1) is 28.7. The Hall–Kier alpha value is -3.88. The monoisotopic (exact) mass is 558 g/mol. The van der Waals surface area contributed by atoms with Gasteiger partial charge in [0.2, 0.25) is 16.6 Å². The van der Waals surface area contributed by atoms with E-state index >= 15 is 0 Å². The molecule has 3 rings (SSSR count). The molecular weight excluding hydrogens is 531 g/mol. The van der Waals surface area contributed by atoms with Crippen molar-refractivity contribution < 1.29 is 42.8 Å². The van der Waals surface area contributed by atoms with E-state index in [2.05, 4.69) is 0 Å². The van der Waals surface area contributed by atoms with E-state index in [1.165, 1.54) is 97.3 Å². The van der Waals surface area contributed by atoms with Crippen molar-refractivity contribution in [3.63, 3.8) is 0 Å². The quantitative estimate of drug-likeness (QED) is 0.281. The molecule has 0 aliphatic heterocycles. The molecule has 200 valence electrons. The van der Waals surface area contributed by atoms with Crippen LogP contribution in [0, 0.1) is 0 Å². The fourth-order valence-corrected chi connectivity index (χ4v) is 6.72. The molecule has 0 bridgehead atoms. The van der Waals surface area contributed by atoms with Gasteiger partial charge in [-0.1, -0.05) is 11.8 Å². The zero-order valence-electron chi connectivity index (χ0n) is 21.7. The highest BCUT2D eigenvalue weighted by molar-refractivity contribution is 8.38. The molecule has 0 heterocycles. The normalized spacial score (nSPS) is 10.8. The summed E-state index contributed by atoms with van der Waals surface area (Å²) in [4.78, 5) is 42.5. The summed E-state index contributed by atoms with van der Waals surface area (Å²) in [5, 5.41) is 0. The third-order valence-electron chi connectivity index (χ3n) is 5.78. The minimum atomic E-state index is -4.30. The van der Waals surface area contributed by atoms with Crippen molar-refractivity contribution in [2.45, 2.75) is 0 Å². The van der Waals surface area contributed by atoms with Crippen LogP contribution in [0.15, 0.2) is 54.6 Å². The average Bonchev–Trinajstić information content (AvgIpc) is 2.98. The predicted octanol–water partition coefficient (Wildman–Crippen LogP) is 5.04. The zero-order valence-corrected chi connectivity index (χ0v) is 23.4. The largest absolute Gasteiger partial charge is 0.497 e. The standard InChI is InChI=1S/C27H27O9PS/c1-31-16-7-10-19(22(13-16)34-4)25(28)37(38,26(29)20-11-8-17(32-2)14-23(20)35-5)27(30)21-12-9-18(33-3)15-24(21)36-6/h7-15H,1-6H3. The Balaban J connectivity index is 2.30. The van der Waals surface area contributed by atoms with Gasteiger partial charge in [0.25, 0.3) is 0 Å². The molecule has 11 heteroatoms. The SMILES string of the molecule is COc1ccc(C(=O)P(=S)(C(=O)c2ccc(OC)cc2OC)C(=O)c2ccc(OC)cc2OC)c(OC)c1. The number of ether oxygens (including phenoxy) is 6. The van der Waals surface area contributed by atoms with Crippen LogP contribution in [0.4, 0.5) is 0 Å². The molecule has 0 aromatic heterocycles. The summed E-state index contributed by atoms with van der Waals surface area (Å²) >= 11 is 5.82. The van der Waals surface area contributed by atoms with Crippen molar-refractivity contribution in [2.24, 2.45) is 0 Å². The molecule has 0 unspecified atom stereocenters. The number of benzene rings is 3. The summed E-state index contributed by atoms with van der Waals surface area (Å²) in [6.07, 6.45) is 0. The van der Waals surface area contributed by atoms with E-state index < -0.39 is 22.6 Å². The Morgan fingerprint density at radius 3 is 0.974 bits per heavy atom. The van der Waals surface area contributed by atoms with Crippen molar-refractivity contribution in [3.05, 3.63) is 71.3 Å². The van der Waals surface area contributed by atoms with Crippen molar-refractivity contribution in [3.8, 4) is 34.5 Å². The van der Waals surface area contributed by atoms with Gasteiger partial charge in [-0.15, -0.1) is 0 Å². The van der Waals surface area contributed by atoms with Gasteiger partial charge in [0.15, 0.2) is 6.04 Å². The van der Waals surface area contributed by atoms with E-state index in [0.29, 0.717) is 17.2 Å². The van der Waals surface area contributed by atoms with E-state index in [0.717, 1.165) is 0 Å². The van der Waals surface area contributed by atoms with Gasteiger partial charge in [-0.2, -0.15) is 0 Å². The smallest absolute Gasteiger partial charge is 0.212 e. The zero-order chi connectivity index (χ0) is 28.0. The molecule has 0 radical (unpaired) electrons. The number of carbonyl (C=O) groups excluding carboxylic acids is 3. The van der Waals surface area contributed by atoms with Crippen molar-refractivity contribution in [1.29, 1.82) is 0 Å². The Morgan fingerprint density at radius 2 is 0.763 bits per heavy atom. The van der Waals surface area contributed by atoms with E-state index in [1.807, 2.05) is 0 Å². The van der Waals surface area contributed by atoms with Crippen LogP contribution in [-0.2, 0) is 11.8 Å². The van der Waals surface area contributed by atoms with Crippen LogP contribution in [-0.4, -0.2) is 59.2 Å². The third kappa shape index (κ3) is 5.23. The molecule has 3 aromatic carbocycles. The lowest BCUT2D eigenvalue weighted by Crippen LogP contribution is -2.19. The highest BCUT2D eigenvalue weighted by Crippen LogP contribution is 2.58. The molecule has 3 aromatic rings. The first-order chi connectivity index (χ1) is 18.2. The van der Waals surface area contributed by atoms with Crippen molar-refractivity contribution in [1.82, 2.24) is 0 Å². The molecule has 0 N–H and O–H groups in total. The van der Waals surface area contributed by atoms with E-state index in [9.17, 15) is 14.4 Å². The van der Waals surface area contributed by atoms with Crippen LogP contribution in [0.25, 0.3) is 0 Å². The molecule has 0 atom stereocenters. The number of methoxy groups -OCH3 is 6. The first-order valence-electron chi connectivity index (χ1n) is 11.1. The summed E-state index contributed by atoms with van der Waals surface area (Å²) in [6, 6.07) is 8.94. The van der Waals surface area contributed by atoms with Crippen molar-refractivity contribution >= 4 is 34.4 Å². The molecule has 0 saturated carbocycles. The molecule has 0 spiro atoms. The fraction of sp³-hybridized carbons (Fsp3) is 0.222. The molecule has 0 amide bonds. The number of hydrogen-bond donors (Lipinski definition) is 0. The third-order valence-corrected chi connectivity index (χ3v) is 9.71. The minimum Gasteiger partial charge on any atom is -0.497 e. The summed E-state index contributed by atoms with van der Waals surface area (Å²) in [7, 11) is 8.45. The Bertz CT molecular complexity index is 1260. The van der Waals surface area contributed by atoms with Crippen LogP contribution in [0.3, 0.4) is 0 Å². The van der Waals surface area contributed by atoms with Gasteiger partial charge in [0.1, 0.15) is 34.5 Å². The molecule has 0 aliphatic rings. The molecule has 38 heavy (non-hydrogen) atoms. The first-order valence-corrected chi connectivity index (χ1v) is 13.9. The predicted molar refractivity (Wildman–Crippen MR) is 146 cm³/mol. The number of hydrogen-bond acceptors (Lipinski definition) is 10. The van der Waals surface area contributed by atoms with Crippen LogP contribution >= 0.6 is 6.04 Å².